The summed E-state index contributed by atoms with van der Waals surface area (Å²) in [6, 6.07) is 13.1. The smallest absolute Gasteiger partial charge is 0.266 e. The Morgan fingerprint density at radius 3 is 2.57 bits per heavy atom. The molecular formula is C11H9N2O. The van der Waals surface area contributed by atoms with Crippen LogP contribution in [0.15, 0.2) is 42.5 Å². The minimum absolute atomic E-state index is 0.387. The van der Waals surface area contributed by atoms with Gasteiger partial charge in [-0.05, 0) is 16.8 Å². The van der Waals surface area contributed by atoms with Crippen LogP contribution in [-0.4, -0.2) is 5.91 Å². The van der Waals surface area contributed by atoms with Crippen molar-refractivity contribution >= 4 is 16.7 Å². The summed E-state index contributed by atoms with van der Waals surface area (Å²) in [5, 5.41) is 1.90. The highest BCUT2D eigenvalue weighted by molar-refractivity contribution is 6.06. The largest absolute Gasteiger partial charge is 0.289 e. The van der Waals surface area contributed by atoms with Gasteiger partial charge in [-0.15, -0.1) is 0 Å². The molecule has 0 aromatic heterocycles. The molecule has 3 nitrogen and oxygen atoms in total. The first-order valence-corrected chi connectivity index (χ1v) is 4.26. The van der Waals surface area contributed by atoms with Gasteiger partial charge in [0.05, 0.1) is 5.56 Å². The molecule has 0 aliphatic heterocycles. The first-order valence-electron chi connectivity index (χ1n) is 4.26. The molecule has 69 valence electrons. The zero-order valence-corrected chi connectivity index (χ0v) is 7.47. The van der Waals surface area contributed by atoms with Crippen LogP contribution in [0.2, 0.25) is 0 Å². The lowest BCUT2D eigenvalue weighted by atomic mass is 10.0. The Bertz CT molecular complexity index is 474. The average molecular weight is 185 g/mol. The van der Waals surface area contributed by atoms with Crippen molar-refractivity contribution in [1.29, 1.82) is 0 Å². The third-order valence-electron chi connectivity index (χ3n) is 2.14. The normalized spacial score (nSPS) is 10.1. The van der Waals surface area contributed by atoms with Gasteiger partial charge in [-0.2, -0.15) is 5.43 Å². The molecule has 14 heavy (non-hydrogen) atoms. The Morgan fingerprint density at radius 2 is 1.79 bits per heavy atom. The van der Waals surface area contributed by atoms with E-state index in [-0.39, 0.29) is 5.91 Å². The summed E-state index contributed by atoms with van der Waals surface area (Å²) in [7, 11) is 0. The highest BCUT2D eigenvalue weighted by atomic mass is 16.2. The number of carbonyl (C=O) groups excluding carboxylic acids is 1. The highest BCUT2D eigenvalue weighted by Crippen LogP contribution is 2.17. The summed E-state index contributed by atoms with van der Waals surface area (Å²) >= 11 is 0. The summed E-state index contributed by atoms with van der Waals surface area (Å²) in [5.41, 5.74) is 3.72. The van der Waals surface area contributed by atoms with Gasteiger partial charge in [-0.1, -0.05) is 36.4 Å². The lowest BCUT2D eigenvalue weighted by Gasteiger charge is -2.02. The van der Waals surface area contributed by atoms with Gasteiger partial charge in [0.15, 0.2) is 0 Å². The number of hydrogen-bond donors (Lipinski definition) is 1. The van der Waals surface area contributed by atoms with E-state index in [1.807, 2.05) is 36.4 Å². The van der Waals surface area contributed by atoms with Crippen LogP contribution in [0.25, 0.3) is 10.8 Å². The molecule has 0 heterocycles. The van der Waals surface area contributed by atoms with E-state index >= 15 is 0 Å². The van der Waals surface area contributed by atoms with Crippen LogP contribution in [0, 0.1) is 0 Å². The highest BCUT2D eigenvalue weighted by Gasteiger charge is 2.08. The first kappa shape index (κ1) is 8.72. The molecule has 0 atom stereocenters. The number of fused-ring (bicyclic) bond motifs is 1. The fourth-order valence-corrected chi connectivity index (χ4v) is 1.48. The van der Waals surface area contributed by atoms with Crippen molar-refractivity contribution in [1.82, 2.24) is 5.43 Å². The zero-order valence-electron chi connectivity index (χ0n) is 7.47. The molecular weight excluding hydrogens is 176 g/mol. The molecule has 3 heteroatoms. The van der Waals surface area contributed by atoms with Crippen molar-refractivity contribution in [3.05, 3.63) is 48.0 Å². The van der Waals surface area contributed by atoms with E-state index in [1.54, 1.807) is 6.07 Å². The van der Waals surface area contributed by atoms with Crippen LogP contribution in [0.4, 0.5) is 0 Å². The Balaban J connectivity index is 2.71. The van der Waals surface area contributed by atoms with Crippen LogP contribution < -0.4 is 11.3 Å². The fraction of sp³-hybridized carbons (Fsp3) is 0. The zero-order chi connectivity index (χ0) is 9.97. The lowest BCUT2D eigenvalue weighted by Crippen LogP contribution is -2.21. The second kappa shape index (κ2) is 3.47. The Labute approximate surface area is 81.5 Å². The second-order valence-corrected chi connectivity index (χ2v) is 2.96. The fourth-order valence-electron chi connectivity index (χ4n) is 1.48. The molecule has 0 saturated carbocycles. The van der Waals surface area contributed by atoms with Gasteiger partial charge in [0.25, 0.3) is 5.91 Å². The second-order valence-electron chi connectivity index (χ2n) is 2.96. The predicted octanol–water partition coefficient (Wildman–Crippen LogP) is 1.46. The molecule has 0 bridgehead atoms. The van der Waals surface area contributed by atoms with Crippen molar-refractivity contribution < 1.29 is 4.79 Å². The molecule has 2 aromatic carbocycles. The van der Waals surface area contributed by atoms with E-state index in [4.69, 9.17) is 5.84 Å². The van der Waals surface area contributed by atoms with E-state index < -0.39 is 0 Å². The molecule has 1 radical (unpaired) electrons. The van der Waals surface area contributed by atoms with E-state index in [1.165, 1.54) is 0 Å². The van der Waals surface area contributed by atoms with E-state index in [9.17, 15) is 4.79 Å². The molecule has 0 aliphatic carbocycles. The molecule has 2 rings (SSSR count). The Morgan fingerprint density at radius 1 is 1.07 bits per heavy atom. The summed E-state index contributed by atoms with van der Waals surface area (Å²) in [6.45, 7) is 0. The molecule has 0 spiro atoms. The standard InChI is InChI=1S/C11H9N2O/c12-13-11(14)10-7-3-5-8-4-1-2-6-9(8)10/h1-7H,12H2. The third-order valence-corrected chi connectivity index (χ3v) is 2.14. The molecule has 1 amide bonds. The number of benzene rings is 2. The quantitative estimate of drug-likeness (QED) is 0.415. The SMILES string of the molecule is N[N]C(=O)c1cccc2ccccc12. The monoisotopic (exact) mass is 185 g/mol. The van der Waals surface area contributed by atoms with Gasteiger partial charge in [-0.25, -0.2) is 5.84 Å². The average Bonchev–Trinajstić information content (AvgIpc) is 2.27. The van der Waals surface area contributed by atoms with Gasteiger partial charge in [0, 0.05) is 0 Å². The first-order chi connectivity index (χ1) is 6.83. The summed E-state index contributed by atoms with van der Waals surface area (Å²) < 4.78 is 0. The number of rotatable bonds is 1. The van der Waals surface area contributed by atoms with Gasteiger partial charge in [0.1, 0.15) is 0 Å². The van der Waals surface area contributed by atoms with Gasteiger partial charge in [0.2, 0.25) is 0 Å². The minimum atomic E-state index is -0.387. The predicted molar refractivity (Wildman–Crippen MR) is 54.6 cm³/mol. The number of nitrogens with zero attached hydrogens (tertiary/aromatic N) is 1. The molecule has 2 aromatic rings. The van der Waals surface area contributed by atoms with Gasteiger partial charge >= 0.3 is 0 Å². The van der Waals surface area contributed by atoms with Gasteiger partial charge in [-0.3, -0.25) is 4.79 Å². The van der Waals surface area contributed by atoms with Crippen molar-refractivity contribution in [2.75, 3.05) is 0 Å². The molecule has 0 aliphatic rings. The third kappa shape index (κ3) is 1.34. The molecule has 0 saturated heterocycles. The van der Waals surface area contributed by atoms with Crippen molar-refractivity contribution in [2.45, 2.75) is 0 Å². The maximum atomic E-state index is 11.3. The van der Waals surface area contributed by atoms with Crippen LogP contribution >= 0.6 is 0 Å². The molecule has 0 unspecified atom stereocenters. The van der Waals surface area contributed by atoms with E-state index in [0.29, 0.717) is 5.56 Å². The molecule has 0 fully saturated rings. The van der Waals surface area contributed by atoms with E-state index in [0.717, 1.165) is 10.8 Å². The Kier molecular flexibility index (Phi) is 2.16. The minimum Gasteiger partial charge on any atom is -0.266 e. The van der Waals surface area contributed by atoms with E-state index in [2.05, 4.69) is 5.43 Å². The number of nitrogens with two attached hydrogens (primary N) is 1. The van der Waals surface area contributed by atoms with Crippen LogP contribution in [0.3, 0.4) is 0 Å². The molecule has 2 N–H and O–H groups in total. The Hall–Kier alpha value is -1.87. The number of amides is 1. The number of carbonyl (C=O) groups is 1. The van der Waals surface area contributed by atoms with Crippen LogP contribution in [0.1, 0.15) is 10.4 Å². The van der Waals surface area contributed by atoms with Crippen LogP contribution in [0.5, 0.6) is 0 Å². The summed E-state index contributed by atoms with van der Waals surface area (Å²) in [5.74, 6) is 4.58. The van der Waals surface area contributed by atoms with Crippen LogP contribution in [-0.2, 0) is 0 Å². The van der Waals surface area contributed by atoms with Gasteiger partial charge < -0.3 is 0 Å². The summed E-state index contributed by atoms with van der Waals surface area (Å²) in [6.07, 6.45) is 0. The number of hydrogen-bond acceptors (Lipinski definition) is 2. The summed E-state index contributed by atoms with van der Waals surface area (Å²) in [4.78, 5) is 11.3. The van der Waals surface area contributed by atoms with Crippen molar-refractivity contribution in [3.8, 4) is 0 Å². The maximum Gasteiger partial charge on any atom is 0.289 e. The van der Waals surface area contributed by atoms with Crippen molar-refractivity contribution in [3.63, 3.8) is 0 Å². The lowest BCUT2D eigenvalue weighted by molar-refractivity contribution is 0.0950. The van der Waals surface area contributed by atoms with Crippen molar-refractivity contribution in [2.24, 2.45) is 5.84 Å². The maximum absolute atomic E-state index is 11.3. The topological polar surface area (TPSA) is 57.2 Å².